The van der Waals surface area contributed by atoms with Gasteiger partial charge < -0.3 is 0 Å². The molecule has 3 aromatic rings. The summed E-state index contributed by atoms with van der Waals surface area (Å²) in [5.41, 5.74) is 2.41. The van der Waals surface area contributed by atoms with Crippen LogP contribution in [-0.4, -0.2) is 25.0 Å². The van der Waals surface area contributed by atoms with Gasteiger partial charge in [0.15, 0.2) is 11.5 Å². The molecule has 2 heterocycles. The van der Waals surface area contributed by atoms with Crippen molar-refractivity contribution in [2.24, 2.45) is 0 Å². The van der Waals surface area contributed by atoms with E-state index in [1.165, 1.54) is 0 Å². The maximum Gasteiger partial charge on any atom is 0.183 e. The molecule has 0 N–H and O–H groups in total. The SMILES string of the molecule is CCc1nc(-c2cnn(-c3ccccc3)n2)nc(Cl)c1I. The van der Waals surface area contributed by atoms with Crippen LogP contribution in [0.5, 0.6) is 0 Å². The molecule has 2 aromatic heterocycles. The zero-order valence-corrected chi connectivity index (χ0v) is 14.1. The standard InChI is InChI=1S/C14H11ClIN5/c1-2-10-12(16)13(15)19-14(18-10)11-8-17-21(20-11)9-6-4-3-5-7-9/h3-8H,2H2,1H3. The predicted octanol–water partition coefficient (Wildman–Crippen LogP) is 3.54. The number of para-hydroxylation sites is 1. The molecule has 0 fully saturated rings. The van der Waals surface area contributed by atoms with Crippen molar-refractivity contribution in [2.75, 3.05) is 0 Å². The molecular formula is C14H11ClIN5. The van der Waals surface area contributed by atoms with Gasteiger partial charge in [-0.1, -0.05) is 36.7 Å². The van der Waals surface area contributed by atoms with Crippen LogP contribution in [-0.2, 0) is 6.42 Å². The Morgan fingerprint density at radius 2 is 1.95 bits per heavy atom. The maximum atomic E-state index is 6.16. The van der Waals surface area contributed by atoms with Gasteiger partial charge in [0.2, 0.25) is 0 Å². The largest absolute Gasteiger partial charge is 0.230 e. The second kappa shape index (κ2) is 6.07. The van der Waals surface area contributed by atoms with E-state index in [4.69, 9.17) is 11.6 Å². The highest BCUT2D eigenvalue weighted by molar-refractivity contribution is 14.1. The average Bonchev–Trinajstić information content (AvgIpc) is 3.00. The molecule has 0 radical (unpaired) electrons. The highest BCUT2D eigenvalue weighted by Crippen LogP contribution is 2.23. The first-order chi connectivity index (χ1) is 10.2. The number of hydrogen-bond acceptors (Lipinski definition) is 4. The van der Waals surface area contributed by atoms with E-state index < -0.39 is 0 Å². The predicted molar refractivity (Wildman–Crippen MR) is 89.5 cm³/mol. The topological polar surface area (TPSA) is 56.5 Å². The lowest BCUT2D eigenvalue weighted by Crippen LogP contribution is -2.01. The molecule has 7 heteroatoms. The number of nitrogens with zero attached hydrogens (tertiary/aromatic N) is 5. The molecule has 21 heavy (non-hydrogen) atoms. The first kappa shape index (κ1) is 14.4. The normalized spacial score (nSPS) is 10.8. The zero-order chi connectivity index (χ0) is 14.8. The number of aryl methyl sites for hydroxylation is 1. The summed E-state index contributed by atoms with van der Waals surface area (Å²) in [5.74, 6) is 0.499. The van der Waals surface area contributed by atoms with Crippen molar-refractivity contribution in [3.05, 3.63) is 50.9 Å². The third-order valence-electron chi connectivity index (χ3n) is 2.92. The van der Waals surface area contributed by atoms with Crippen LogP contribution in [0.3, 0.4) is 0 Å². The molecule has 0 aliphatic carbocycles. The summed E-state index contributed by atoms with van der Waals surface area (Å²) in [5, 5.41) is 9.12. The smallest absolute Gasteiger partial charge is 0.183 e. The molecule has 0 spiro atoms. The van der Waals surface area contributed by atoms with Gasteiger partial charge in [0.05, 0.1) is 21.1 Å². The Balaban J connectivity index is 2.03. The highest BCUT2D eigenvalue weighted by Gasteiger charge is 2.13. The van der Waals surface area contributed by atoms with Gasteiger partial charge in [-0.3, -0.25) is 0 Å². The molecule has 0 unspecified atom stereocenters. The Bertz CT molecular complexity index is 772. The van der Waals surface area contributed by atoms with Gasteiger partial charge in [-0.15, -0.1) is 5.10 Å². The Morgan fingerprint density at radius 3 is 2.67 bits per heavy atom. The lowest BCUT2D eigenvalue weighted by atomic mass is 10.3. The number of rotatable bonds is 3. The summed E-state index contributed by atoms with van der Waals surface area (Å²) in [4.78, 5) is 10.4. The lowest BCUT2D eigenvalue weighted by molar-refractivity contribution is 0.752. The average molecular weight is 412 g/mol. The van der Waals surface area contributed by atoms with E-state index in [0.29, 0.717) is 16.7 Å². The van der Waals surface area contributed by atoms with Crippen LogP contribution in [0.15, 0.2) is 36.5 Å². The van der Waals surface area contributed by atoms with E-state index in [1.807, 2.05) is 37.3 Å². The third-order valence-corrected chi connectivity index (χ3v) is 4.65. The molecule has 3 rings (SSSR count). The van der Waals surface area contributed by atoms with Gasteiger partial charge >= 0.3 is 0 Å². The van der Waals surface area contributed by atoms with E-state index in [0.717, 1.165) is 21.4 Å². The summed E-state index contributed by atoms with van der Waals surface area (Å²) in [6, 6.07) is 9.69. The Kier molecular flexibility index (Phi) is 4.16. The van der Waals surface area contributed by atoms with Crippen molar-refractivity contribution in [3.8, 4) is 17.2 Å². The molecule has 0 aliphatic heterocycles. The molecule has 106 valence electrons. The fourth-order valence-electron chi connectivity index (χ4n) is 1.86. The van der Waals surface area contributed by atoms with Crippen LogP contribution in [0, 0.1) is 3.57 Å². The van der Waals surface area contributed by atoms with Gasteiger partial charge in [0.1, 0.15) is 5.15 Å². The summed E-state index contributed by atoms with van der Waals surface area (Å²) in [6.07, 6.45) is 2.44. The van der Waals surface area contributed by atoms with Gasteiger partial charge in [0.25, 0.3) is 0 Å². The minimum Gasteiger partial charge on any atom is -0.230 e. The Morgan fingerprint density at radius 1 is 1.19 bits per heavy atom. The second-order valence-corrected chi connectivity index (χ2v) is 5.74. The molecule has 0 saturated heterocycles. The van der Waals surface area contributed by atoms with Gasteiger partial charge in [-0.05, 0) is 41.1 Å². The van der Waals surface area contributed by atoms with Crippen LogP contribution < -0.4 is 0 Å². The Labute approximate surface area is 140 Å². The van der Waals surface area contributed by atoms with Crippen molar-refractivity contribution in [2.45, 2.75) is 13.3 Å². The second-order valence-electron chi connectivity index (χ2n) is 4.31. The van der Waals surface area contributed by atoms with E-state index >= 15 is 0 Å². The molecular weight excluding hydrogens is 401 g/mol. The lowest BCUT2D eigenvalue weighted by Gasteiger charge is -2.04. The summed E-state index contributed by atoms with van der Waals surface area (Å²) in [7, 11) is 0. The van der Waals surface area contributed by atoms with Gasteiger partial charge in [-0.2, -0.15) is 9.90 Å². The monoisotopic (exact) mass is 411 g/mol. The van der Waals surface area contributed by atoms with Gasteiger partial charge in [0, 0.05) is 0 Å². The van der Waals surface area contributed by atoms with Crippen molar-refractivity contribution in [1.29, 1.82) is 0 Å². The minimum absolute atomic E-state index is 0.451. The third kappa shape index (κ3) is 2.91. The number of hydrogen-bond donors (Lipinski definition) is 0. The Hall–Kier alpha value is -1.54. The maximum absolute atomic E-state index is 6.16. The van der Waals surface area contributed by atoms with Crippen molar-refractivity contribution in [1.82, 2.24) is 25.0 Å². The van der Waals surface area contributed by atoms with Crippen molar-refractivity contribution < 1.29 is 0 Å². The van der Waals surface area contributed by atoms with Crippen LogP contribution in [0.1, 0.15) is 12.6 Å². The summed E-state index contributed by atoms with van der Waals surface area (Å²) in [6.45, 7) is 2.03. The van der Waals surface area contributed by atoms with Gasteiger partial charge in [-0.25, -0.2) is 9.97 Å². The van der Waals surface area contributed by atoms with E-state index in [1.54, 1.807) is 11.0 Å². The molecule has 0 atom stereocenters. The highest BCUT2D eigenvalue weighted by atomic mass is 127. The number of halogens is 2. The van der Waals surface area contributed by atoms with E-state index in [-0.39, 0.29) is 0 Å². The molecule has 0 aliphatic rings. The molecule has 0 saturated carbocycles. The van der Waals surface area contributed by atoms with E-state index in [9.17, 15) is 0 Å². The van der Waals surface area contributed by atoms with Crippen LogP contribution in [0.2, 0.25) is 5.15 Å². The first-order valence-corrected chi connectivity index (χ1v) is 7.84. The quantitative estimate of drug-likeness (QED) is 0.489. The zero-order valence-electron chi connectivity index (χ0n) is 11.2. The van der Waals surface area contributed by atoms with E-state index in [2.05, 4.69) is 42.8 Å². The van der Waals surface area contributed by atoms with Crippen LogP contribution >= 0.6 is 34.2 Å². The first-order valence-electron chi connectivity index (χ1n) is 6.39. The van der Waals surface area contributed by atoms with Crippen molar-refractivity contribution >= 4 is 34.2 Å². The number of benzene rings is 1. The van der Waals surface area contributed by atoms with Crippen LogP contribution in [0.4, 0.5) is 0 Å². The molecule has 1 aromatic carbocycles. The fraction of sp³-hybridized carbons (Fsp3) is 0.143. The van der Waals surface area contributed by atoms with Crippen LogP contribution in [0.25, 0.3) is 17.2 Å². The fourth-order valence-corrected chi connectivity index (χ4v) is 2.67. The molecule has 0 bridgehead atoms. The number of aromatic nitrogens is 5. The summed E-state index contributed by atoms with van der Waals surface area (Å²) >= 11 is 8.32. The van der Waals surface area contributed by atoms with Crippen molar-refractivity contribution in [3.63, 3.8) is 0 Å². The summed E-state index contributed by atoms with van der Waals surface area (Å²) < 4.78 is 0.885. The minimum atomic E-state index is 0.451. The molecule has 5 nitrogen and oxygen atoms in total. The molecule has 0 amide bonds.